The van der Waals surface area contributed by atoms with E-state index in [2.05, 4.69) is 9.98 Å². The molecule has 10 heteroatoms. The molecule has 0 aromatic rings. The predicted octanol–water partition coefficient (Wildman–Crippen LogP) is 2.24. The molecular formula is C11H7F6N3O. The third kappa shape index (κ3) is 3.14. The summed E-state index contributed by atoms with van der Waals surface area (Å²) in [4.78, 5) is 17.7. The molecule has 0 spiro atoms. The highest BCUT2D eigenvalue weighted by Crippen LogP contribution is 2.29. The van der Waals surface area contributed by atoms with Crippen molar-refractivity contribution in [1.29, 1.82) is 0 Å². The van der Waals surface area contributed by atoms with Gasteiger partial charge in [0.15, 0.2) is 11.8 Å². The second-order valence-corrected chi connectivity index (χ2v) is 4.14. The Morgan fingerprint density at radius 1 is 1.05 bits per heavy atom. The fourth-order valence-corrected chi connectivity index (χ4v) is 1.80. The van der Waals surface area contributed by atoms with E-state index < -0.39 is 35.8 Å². The largest absolute Gasteiger partial charge is 0.451 e. The number of halogens is 6. The zero-order valence-electron chi connectivity index (χ0n) is 10.1. The van der Waals surface area contributed by atoms with Gasteiger partial charge in [-0.05, 0) is 6.08 Å². The number of carbonyl (C=O) groups excluding carboxylic acids is 1. The van der Waals surface area contributed by atoms with Gasteiger partial charge >= 0.3 is 12.4 Å². The molecule has 1 amide bonds. The van der Waals surface area contributed by atoms with Gasteiger partial charge in [0.25, 0.3) is 5.91 Å². The van der Waals surface area contributed by atoms with Crippen LogP contribution in [0, 0.1) is 0 Å². The Hall–Kier alpha value is -2.13. The molecule has 0 aliphatic carbocycles. The minimum atomic E-state index is -5.23. The lowest BCUT2D eigenvalue weighted by Gasteiger charge is -2.32. The Bertz CT molecular complexity index is 569. The first-order chi connectivity index (χ1) is 9.60. The summed E-state index contributed by atoms with van der Waals surface area (Å²) in [5.74, 6) is -3.64. The highest BCUT2D eigenvalue weighted by atomic mass is 19.4. The molecule has 0 saturated heterocycles. The third-order valence-corrected chi connectivity index (χ3v) is 2.65. The SMILES string of the molecule is O=C1N=C(C(F)(F)F)N=C(C(F)(F)F)C1N1C=CC=CC1. The van der Waals surface area contributed by atoms with Crippen molar-refractivity contribution < 1.29 is 31.1 Å². The first-order valence-electron chi connectivity index (χ1n) is 5.55. The van der Waals surface area contributed by atoms with Crippen LogP contribution in [0.5, 0.6) is 0 Å². The van der Waals surface area contributed by atoms with Crippen LogP contribution in [-0.2, 0) is 4.79 Å². The van der Waals surface area contributed by atoms with E-state index in [9.17, 15) is 31.1 Å². The van der Waals surface area contributed by atoms with Gasteiger partial charge in [0, 0.05) is 12.7 Å². The van der Waals surface area contributed by atoms with E-state index in [4.69, 9.17) is 0 Å². The van der Waals surface area contributed by atoms with Crippen molar-refractivity contribution in [2.45, 2.75) is 18.4 Å². The lowest BCUT2D eigenvalue weighted by molar-refractivity contribution is -0.122. The van der Waals surface area contributed by atoms with Crippen LogP contribution in [0.15, 0.2) is 34.4 Å². The first-order valence-corrected chi connectivity index (χ1v) is 5.55. The number of hydrogen-bond acceptors (Lipinski definition) is 3. The van der Waals surface area contributed by atoms with Crippen molar-refractivity contribution >= 4 is 17.5 Å². The van der Waals surface area contributed by atoms with Gasteiger partial charge in [0.2, 0.25) is 5.84 Å². The van der Waals surface area contributed by atoms with Crippen LogP contribution >= 0.6 is 0 Å². The molecule has 1 atom stereocenters. The number of amidine groups is 1. The molecule has 0 radical (unpaired) electrons. The van der Waals surface area contributed by atoms with Crippen LogP contribution < -0.4 is 0 Å². The van der Waals surface area contributed by atoms with E-state index in [0.717, 1.165) is 11.1 Å². The van der Waals surface area contributed by atoms with E-state index in [-0.39, 0.29) is 6.54 Å². The number of carbonyl (C=O) groups is 1. The highest BCUT2D eigenvalue weighted by Gasteiger charge is 2.51. The number of amides is 1. The van der Waals surface area contributed by atoms with Crippen LogP contribution in [-0.4, -0.2) is 47.3 Å². The predicted molar refractivity (Wildman–Crippen MR) is 60.8 cm³/mol. The monoisotopic (exact) mass is 311 g/mol. The molecule has 0 aromatic carbocycles. The number of alkyl halides is 6. The molecular weight excluding hydrogens is 304 g/mol. The molecule has 2 rings (SSSR count). The maximum atomic E-state index is 12.9. The van der Waals surface area contributed by atoms with Crippen molar-refractivity contribution in [2.75, 3.05) is 6.54 Å². The number of aliphatic imine (C=N–C) groups is 2. The standard InChI is InChI=1S/C11H7F6N3O/c12-10(13,14)7-6(20-4-2-1-3-5-20)8(21)19-9(18-7)11(15,16)17/h1-4,6H,5H2. The molecule has 0 saturated carbocycles. The van der Waals surface area contributed by atoms with Crippen LogP contribution in [0.2, 0.25) is 0 Å². The maximum absolute atomic E-state index is 12.9. The Kier molecular flexibility index (Phi) is 3.64. The van der Waals surface area contributed by atoms with Crippen molar-refractivity contribution in [3.63, 3.8) is 0 Å². The molecule has 2 heterocycles. The van der Waals surface area contributed by atoms with Gasteiger partial charge in [-0.1, -0.05) is 12.2 Å². The fraction of sp³-hybridized carbons (Fsp3) is 0.364. The molecule has 4 nitrogen and oxygen atoms in total. The minimum Gasteiger partial charge on any atom is -0.357 e. The van der Waals surface area contributed by atoms with Crippen LogP contribution in [0.25, 0.3) is 0 Å². The van der Waals surface area contributed by atoms with Crippen molar-refractivity contribution in [1.82, 2.24) is 4.90 Å². The van der Waals surface area contributed by atoms with Gasteiger partial charge < -0.3 is 4.90 Å². The van der Waals surface area contributed by atoms with E-state index in [1.807, 2.05) is 0 Å². The second kappa shape index (κ2) is 5.01. The maximum Gasteiger partial charge on any atom is 0.451 e. The summed E-state index contributed by atoms with van der Waals surface area (Å²) in [5.41, 5.74) is -1.82. The van der Waals surface area contributed by atoms with E-state index in [1.54, 1.807) is 0 Å². The zero-order valence-corrected chi connectivity index (χ0v) is 10.1. The number of hydrogen-bond donors (Lipinski definition) is 0. The molecule has 0 bridgehead atoms. The molecule has 114 valence electrons. The van der Waals surface area contributed by atoms with Gasteiger partial charge in [-0.25, -0.2) is 4.99 Å². The molecule has 21 heavy (non-hydrogen) atoms. The van der Waals surface area contributed by atoms with Crippen LogP contribution in [0.4, 0.5) is 26.3 Å². The summed E-state index contributed by atoms with van der Waals surface area (Å²) in [6, 6.07) is -2.02. The summed E-state index contributed by atoms with van der Waals surface area (Å²) in [5, 5.41) is 0. The summed E-state index contributed by atoms with van der Waals surface area (Å²) < 4.78 is 76.1. The molecule has 2 aliphatic rings. The Balaban J connectivity index is 2.45. The Morgan fingerprint density at radius 2 is 1.71 bits per heavy atom. The molecule has 2 aliphatic heterocycles. The number of rotatable bonds is 1. The Labute approximate surface area is 114 Å². The average molecular weight is 311 g/mol. The van der Waals surface area contributed by atoms with Crippen LogP contribution in [0.1, 0.15) is 0 Å². The second-order valence-electron chi connectivity index (χ2n) is 4.14. The number of nitrogens with zero attached hydrogens (tertiary/aromatic N) is 3. The van der Waals surface area contributed by atoms with Gasteiger partial charge in [-0.2, -0.15) is 31.3 Å². The van der Waals surface area contributed by atoms with Gasteiger partial charge in [0.05, 0.1) is 0 Å². The molecule has 0 fully saturated rings. The highest BCUT2D eigenvalue weighted by molar-refractivity contribution is 6.21. The smallest absolute Gasteiger partial charge is 0.357 e. The fourth-order valence-electron chi connectivity index (χ4n) is 1.80. The third-order valence-electron chi connectivity index (χ3n) is 2.65. The minimum absolute atomic E-state index is 0.0706. The summed E-state index contributed by atoms with van der Waals surface area (Å²) in [6.45, 7) is -0.0706. The van der Waals surface area contributed by atoms with E-state index in [1.165, 1.54) is 18.2 Å². The average Bonchev–Trinajstić information content (AvgIpc) is 2.36. The quantitative estimate of drug-likeness (QED) is 0.697. The van der Waals surface area contributed by atoms with Crippen molar-refractivity contribution in [2.24, 2.45) is 9.98 Å². The summed E-state index contributed by atoms with van der Waals surface area (Å²) in [6.07, 6.45) is -4.91. The normalized spacial score (nSPS) is 23.2. The first kappa shape index (κ1) is 15.3. The summed E-state index contributed by atoms with van der Waals surface area (Å²) >= 11 is 0. The molecule has 0 aromatic heterocycles. The lowest BCUT2D eigenvalue weighted by Crippen LogP contribution is -2.52. The lowest BCUT2D eigenvalue weighted by atomic mass is 10.1. The topological polar surface area (TPSA) is 45.0 Å². The molecule has 1 unspecified atom stereocenters. The van der Waals surface area contributed by atoms with Gasteiger partial charge in [-0.3, -0.25) is 4.79 Å². The van der Waals surface area contributed by atoms with Crippen molar-refractivity contribution in [3.8, 4) is 0 Å². The van der Waals surface area contributed by atoms with Crippen molar-refractivity contribution in [3.05, 3.63) is 24.4 Å². The number of allylic oxidation sites excluding steroid dienone is 2. The zero-order chi connectivity index (χ0) is 15.8. The molecule has 0 N–H and O–H groups in total. The van der Waals surface area contributed by atoms with E-state index in [0.29, 0.717) is 0 Å². The Morgan fingerprint density at radius 3 is 2.19 bits per heavy atom. The van der Waals surface area contributed by atoms with Crippen LogP contribution in [0.3, 0.4) is 0 Å². The van der Waals surface area contributed by atoms with E-state index >= 15 is 0 Å². The van der Waals surface area contributed by atoms with Gasteiger partial charge in [0.1, 0.15) is 0 Å². The summed E-state index contributed by atoms with van der Waals surface area (Å²) in [7, 11) is 0. The van der Waals surface area contributed by atoms with Gasteiger partial charge in [-0.15, -0.1) is 0 Å².